The molecule has 0 saturated carbocycles. The highest BCUT2D eigenvalue weighted by Crippen LogP contribution is 2.32. The number of hydrogen-bond donors (Lipinski definition) is 2. The van der Waals surface area contributed by atoms with E-state index < -0.39 is 22.1 Å². The van der Waals surface area contributed by atoms with Gasteiger partial charge in [0.1, 0.15) is 11.3 Å². The Balaban J connectivity index is 1.62. The van der Waals surface area contributed by atoms with Crippen LogP contribution in [0.2, 0.25) is 0 Å². The van der Waals surface area contributed by atoms with Gasteiger partial charge in [-0.05, 0) is 23.8 Å². The molecular weight excluding hydrogens is 424 g/mol. The van der Waals surface area contributed by atoms with Crippen molar-refractivity contribution in [1.82, 2.24) is 9.55 Å². The molecule has 32 heavy (non-hydrogen) atoms. The molecule has 12 nitrogen and oxygen atoms in total. The second kappa shape index (κ2) is 8.26. The Labute approximate surface area is 179 Å². The zero-order valence-corrected chi connectivity index (χ0v) is 16.6. The van der Waals surface area contributed by atoms with Crippen molar-refractivity contribution < 1.29 is 23.9 Å². The maximum Gasteiger partial charge on any atom is 0.328 e. The lowest BCUT2D eigenvalue weighted by atomic mass is 10.2. The van der Waals surface area contributed by atoms with Gasteiger partial charge in [-0.3, -0.25) is 24.3 Å². The number of aromatic amines is 1. The summed E-state index contributed by atoms with van der Waals surface area (Å²) in [5.41, 5.74) is -1.35. The molecule has 0 spiro atoms. The van der Waals surface area contributed by atoms with Gasteiger partial charge in [-0.2, -0.15) is 0 Å². The molecule has 0 radical (unpaired) electrons. The summed E-state index contributed by atoms with van der Waals surface area (Å²) in [6, 6.07) is 8.58. The Bertz CT molecular complexity index is 1340. The number of fused-ring (bicyclic) bond motifs is 1. The van der Waals surface area contributed by atoms with E-state index in [4.69, 9.17) is 14.2 Å². The number of nitrogens with one attached hydrogen (secondary N) is 2. The van der Waals surface area contributed by atoms with E-state index in [1.807, 2.05) is 0 Å². The molecule has 2 aromatic carbocycles. The van der Waals surface area contributed by atoms with Gasteiger partial charge in [-0.15, -0.1) is 0 Å². The largest absolute Gasteiger partial charge is 0.494 e. The highest BCUT2D eigenvalue weighted by atomic mass is 16.7. The number of rotatable bonds is 6. The fraction of sp³-hybridized carbons (Fsp3) is 0.150. The third kappa shape index (κ3) is 3.88. The van der Waals surface area contributed by atoms with Gasteiger partial charge >= 0.3 is 5.69 Å². The van der Waals surface area contributed by atoms with Gasteiger partial charge in [0, 0.05) is 12.3 Å². The number of nitro groups is 1. The smallest absolute Gasteiger partial charge is 0.328 e. The van der Waals surface area contributed by atoms with Crippen molar-refractivity contribution in [3.05, 3.63) is 84.7 Å². The third-order valence-electron chi connectivity index (χ3n) is 4.73. The lowest BCUT2D eigenvalue weighted by Gasteiger charge is -2.11. The van der Waals surface area contributed by atoms with Crippen LogP contribution in [0.4, 0.5) is 11.4 Å². The molecule has 0 fully saturated rings. The molecule has 1 aromatic heterocycles. The van der Waals surface area contributed by atoms with Crippen molar-refractivity contribution in [2.45, 2.75) is 6.54 Å². The van der Waals surface area contributed by atoms with Gasteiger partial charge in [-0.25, -0.2) is 4.79 Å². The van der Waals surface area contributed by atoms with Crippen LogP contribution >= 0.6 is 0 Å². The van der Waals surface area contributed by atoms with Crippen LogP contribution in [0.3, 0.4) is 0 Å². The molecule has 1 aliphatic heterocycles. The van der Waals surface area contributed by atoms with E-state index in [0.717, 1.165) is 16.8 Å². The molecule has 4 rings (SSSR count). The van der Waals surface area contributed by atoms with Crippen LogP contribution in [-0.2, 0) is 6.54 Å². The van der Waals surface area contributed by atoms with Crippen molar-refractivity contribution in [2.75, 3.05) is 19.2 Å². The minimum atomic E-state index is -0.821. The molecule has 0 saturated heterocycles. The number of H-pyrrole nitrogens is 1. The fourth-order valence-corrected chi connectivity index (χ4v) is 3.13. The van der Waals surface area contributed by atoms with E-state index in [-0.39, 0.29) is 36.0 Å². The number of ether oxygens (including phenoxy) is 3. The predicted octanol–water partition coefficient (Wildman–Crippen LogP) is 1.48. The molecule has 2 N–H and O–H groups in total. The monoisotopic (exact) mass is 440 g/mol. The SMILES string of the molecule is COc1cc([N+](=O)[O-])ccc1NC(=O)c1c[nH]c(=O)n(Cc2ccc3c(c2)OCO3)c1=O. The van der Waals surface area contributed by atoms with E-state index in [9.17, 15) is 24.5 Å². The standard InChI is InChI=1S/C20H16N4O8/c1-30-16-7-12(24(28)29)3-4-14(16)22-18(25)13-8-21-20(27)23(19(13)26)9-11-2-5-15-17(6-11)32-10-31-15/h2-8H,9-10H2,1H3,(H,21,27)(H,22,25). The molecule has 0 bridgehead atoms. The lowest BCUT2D eigenvalue weighted by Crippen LogP contribution is -2.39. The summed E-state index contributed by atoms with van der Waals surface area (Å²) in [5, 5.41) is 13.4. The molecule has 3 aromatic rings. The summed E-state index contributed by atoms with van der Waals surface area (Å²) < 4.78 is 16.5. The highest BCUT2D eigenvalue weighted by Gasteiger charge is 2.19. The highest BCUT2D eigenvalue weighted by molar-refractivity contribution is 6.04. The van der Waals surface area contributed by atoms with Gasteiger partial charge in [-0.1, -0.05) is 6.07 Å². The Morgan fingerprint density at radius 2 is 2.00 bits per heavy atom. The number of anilines is 1. The first-order chi connectivity index (χ1) is 15.4. The first-order valence-corrected chi connectivity index (χ1v) is 9.22. The maximum atomic E-state index is 12.9. The molecule has 164 valence electrons. The topological polar surface area (TPSA) is 155 Å². The summed E-state index contributed by atoms with van der Waals surface area (Å²) in [6.45, 7) is -0.0200. The minimum Gasteiger partial charge on any atom is -0.494 e. The molecule has 12 heteroatoms. The lowest BCUT2D eigenvalue weighted by molar-refractivity contribution is -0.384. The number of carbonyl (C=O) groups is 1. The van der Waals surface area contributed by atoms with Crippen LogP contribution < -0.4 is 30.8 Å². The van der Waals surface area contributed by atoms with Crippen LogP contribution in [0.25, 0.3) is 0 Å². The van der Waals surface area contributed by atoms with E-state index in [0.29, 0.717) is 17.1 Å². The average molecular weight is 440 g/mol. The average Bonchev–Trinajstić information content (AvgIpc) is 3.24. The van der Waals surface area contributed by atoms with E-state index in [1.54, 1.807) is 18.2 Å². The summed E-state index contributed by atoms with van der Waals surface area (Å²) >= 11 is 0. The van der Waals surface area contributed by atoms with Gasteiger partial charge in [0.15, 0.2) is 11.5 Å². The van der Waals surface area contributed by atoms with Crippen LogP contribution in [0.15, 0.2) is 52.2 Å². The number of methoxy groups -OCH3 is 1. The fourth-order valence-electron chi connectivity index (χ4n) is 3.13. The zero-order chi connectivity index (χ0) is 22.8. The van der Waals surface area contributed by atoms with Crippen molar-refractivity contribution in [3.8, 4) is 17.2 Å². The normalized spacial score (nSPS) is 11.8. The predicted molar refractivity (Wildman–Crippen MR) is 111 cm³/mol. The summed E-state index contributed by atoms with van der Waals surface area (Å²) in [5.74, 6) is 0.266. The van der Waals surface area contributed by atoms with Crippen molar-refractivity contribution in [3.63, 3.8) is 0 Å². The van der Waals surface area contributed by atoms with Crippen molar-refractivity contribution in [2.24, 2.45) is 0 Å². The first kappa shape index (κ1) is 20.7. The Morgan fingerprint density at radius 3 is 2.75 bits per heavy atom. The third-order valence-corrected chi connectivity index (χ3v) is 4.73. The van der Waals surface area contributed by atoms with Crippen LogP contribution in [-0.4, -0.2) is 34.3 Å². The van der Waals surface area contributed by atoms with Gasteiger partial charge in [0.05, 0.1) is 30.3 Å². The Kier molecular flexibility index (Phi) is 5.33. The molecule has 0 aliphatic carbocycles. The van der Waals surface area contributed by atoms with Crippen molar-refractivity contribution in [1.29, 1.82) is 0 Å². The summed E-state index contributed by atoms with van der Waals surface area (Å²) in [7, 11) is 1.28. The van der Waals surface area contributed by atoms with E-state index >= 15 is 0 Å². The Hall–Kier alpha value is -4.61. The van der Waals surface area contributed by atoms with Gasteiger partial charge < -0.3 is 24.5 Å². The quantitative estimate of drug-likeness (QED) is 0.431. The van der Waals surface area contributed by atoms with Gasteiger partial charge in [0.2, 0.25) is 6.79 Å². The summed E-state index contributed by atoms with van der Waals surface area (Å²) in [4.78, 5) is 50.5. The van der Waals surface area contributed by atoms with Crippen LogP contribution in [0, 0.1) is 10.1 Å². The van der Waals surface area contributed by atoms with Crippen LogP contribution in [0.1, 0.15) is 15.9 Å². The number of aromatic nitrogens is 2. The van der Waals surface area contributed by atoms with E-state index in [2.05, 4.69) is 10.3 Å². The Morgan fingerprint density at radius 1 is 1.22 bits per heavy atom. The molecule has 2 heterocycles. The minimum absolute atomic E-state index is 0.0395. The molecule has 0 unspecified atom stereocenters. The molecule has 0 atom stereocenters. The summed E-state index contributed by atoms with van der Waals surface area (Å²) in [6.07, 6.45) is 1.01. The number of hydrogen-bond acceptors (Lipinski definition) is 8. The first-order valence-electron chi connectivity index (χ1n) is 9.22. The second-order valence-electron chi connectivity index (χ2n) is 6.68. The van der Waals surface area contributed by atoms with Crippen LogP contribution in [0.5, 0.6) is 17.2 Å². The number of nitrogens with zero attached hydrogens (tertiary/aromatic N) is 2. The number of benzene rings is 2. The molecule has 1 amide bonds. The zero-order valence-electron chi connectivity index (χ0n) is 16.6. The number of amides is 1. The van der Waals surface area contributed by atoms with Gasteiger partial charge in [0.25, 0.3) is 17.2 Å². The number of carbonyl (C=O) groups excluding carboxylic acids is 1. The van der Waals surface area contributed by atoms with E-state index in [1.165, 1.54) is 19.2 Å². The number of nitro benzene ring substituents is 1. The number of non-ortho nitro benzene ring substituents is 1. The molecular formula is C20H16N4O8. The maximum absolute atomic E-state index is 12.9. The molecule has 1 aliphatic rings. The second-order valence-corrected chi connectivity index (χ2v) is 6.68. The van der Waals surface area contributed by atoms with Crippen molar-refractivity contribution >= 4 is 17.3 Å².